The minimum absolute atomic E-state index is 0.0688. The van der Waals surface area contributed by atoms with Crippen LogP contribution in [0.25, 0.3) is 6.08 Å². The fourth-order valence-corrected chi connectivity index (χ4v) is 4.67. The second kappa shape index (κ2) is 11.7. The molecule has 9 nitrogen and oxygen atoms in total. The summed E-state index contributed by atoms with van der Waals surface area (Å²) in [5, 5.41) is 9.83. The quantitative estimate of drug-likeness (QED) is 0.196. The van der Waals surface area contributed by atoms with Crippen molar-refractivity contribution in [2.45, 2.75) is 11.8 Å². The third-order valence-electron chi connectivity index (χ3n) is 5.09. The zero-order valence-corrected chi connectivity index (χ0v) is 21.9. The number of nitrogens with one attached hydrogen (secondary N) is 2. The Hall–Kier alpha value is -4.22. The van der Waals surface area contributed by atoms with E-state index in [-0.39, 0.29) is 23.2 Å². The molecule has 4 rings (SSSR count). The first kappa shape index (κ1) is 25.9. The normalized spacial score (nSPS) is 14.5. The van der Waals surface area contributed by atoms with Gasteiger partial charge in [-0.3, -0.25) is 19.8 Å². The summed E-state index contributed by atoms with van der Waals surface area (Å²) >= 11 is 2.85. The van der Waals surface area contributed by atoms with Crippen molar-refractivity contribution in [1.82, 2.24) is 10.4 Å². The number of thioether (sulfide) groups is 1. The van der Waals surface area contributed by atoms with Crippen LogP contribution in [0.15, 0.2) is 86.8 Å². The number of carbonyl (C=O) groups excluding carboxylic acids is 3. The zero-order chi connectivity index (χ0) is 26.4. The maximum atomic E-state index is 13.4. The second-order valence-corrected chi connectivity index (χ2v) is 9.48. The topological polar surface area (TPSA) is 112 Å². The van der Waals surface area contributed by atoms with E-state index in [4.69, 9.17) is 4.84 Å². The summed E-state index contributed by atoms with van der Waals surface area (Å²) in [5.74, 6) is -1.15. The number of carbonyl (C=O) groups is 3. The fraction of sp³-hybridized carbons (Fsp3) is 0.115. The number of aliphatic imine (C=N–C) groups is 1. The number of amides is 3. The third kappa shape index (κ3) is 6.13. The average Bonchev–Trinajstić information content (AvgIpc) is 3.47. The minimum atomic E-state index is -0.684. The van der Waals surface area contributed by atoms with E-state index >= 15 is 0 Å². The predicted octanol–water partition coefficient (Wildman–Crippen LogP) is 4.14. The van der Waals surface area contributed by atoms with Crippen molar-refractivity contribution in [2.24, 2.45) is 10.1 Å². The summed E-state index contributed by atoms with van der Waals surface area (Å²) < 4.78 is 0. The highest BCUT2D eigenvalue weighted by molar-refractivity contribution is 7.98. The Morgan fingerprint density at radius 1 is 1.14 bits per heavy atom. The second-order valence-electron chi connectivity index (χ2n) is 7.69. The van der Waals surface area contributed by atoms with Crippen LogP contribution < -0.4 is 10.7 Å². The SMILES string of the molecule is CO/N=C(/C(=O)NN1C(=O)/C(=C\c2ccc(SC)cc2)N=C1c1ccccc1)c1csc(NC(C)=O)c1. The lowest BCUT2D eigenvalue weighted by atomic mass is 10.2. The van der Waals surface area contributed by atoms with Gasteiger partial charge in [0.15, 0.2) is 11.5 Å². The van der Waals surface area contributed by atoms with Crippen molar-refractivity contribution in [3.05, 3.63) is 88.4 Å². The van der Waals surface area contributed by atoms with Gasteiger partial charge in [-0.05, 0) is 36.1 Å². The van der Waals surface area contributed by atoms with Gasteiger partial charge >= 0.3 is 0 Å². The molecule has 0 saturated heterocycles. The molecule has 0 aliphatic carbocycles. The highest BCUT2D eigenvalue weighted by atomic mass is 32.2. The summed E-state index contributed by atoms with van der Waals surface area (Å²) in [6, 6.07) is 18.4. The van der Waals surface area contributed by atoms with Crippen LogP contribution in [0.4, 0.5) is 5.00 Å². The zero-order valence-electron chi connectivity index (χ0n) is 20.2. The van der Waals surface area contributed by atoms with Gasteiger partial charge in [0.05, 0.1) is 5.00 Å². The summed E-state index contributed by atoms with van der Waals surface area (Å²) in [4.78, 5) is 48.6. The van der Waals surface area contributed by atoms with Gasteiger partial charge in [-0.1, -0.05) is 47.6 Å². The van der Waals surface area contributed by atoms with Crippen LogP contribution in [0.5, 0.6) is 0 Å². The highest BCUT2D eigenvalue weighted by Gasteiger charge is 2.34. The van der Waals surface area contributed by atoms with Crippen LogP contribution in [0, 0.1) is 0 Å². The number of amidine groups is 1. The van der Waals surface area contributed by atoms with Crippen LogP contribution in [-0.2, 0) is 19.2 Å². The molecule has 0 spiro atoms. The van der Waals surface area contributed by atoms with Crippen molar-refractivity contribution in [2.75, 3.05) is 18.7 Å². The van der Waals surface area contributed by atoms with Gasteiger partial charge in [-0.25, -0.2) is 4.99 Å². The molecule has 0 saturated carbocycles. The lowest BCUT2D eigenvalue weighted by molar-refractivity contribution is -0.130. The van der Waals surface area contributed by atoms with Crippen molar-refractivity contribution in [3.63, 3.8) is 0 Å². The number of hydrogen-bond acceptors (Lipinski definition) is 8. The first-order valence-electron chi connectivity index (χ1n) is 11.0. The molecule has 0 unspecified atom stereocenters. The van der Waals surface area contributed by atoms with Crippen molar-refractivity contribution >= 4 is 63.4 Å². The van der Waals surface area contributed by atoms with E-state index in [1.807, 2.05) is 48.7 Å². The highest BCUT2D eigenvalue weighted by Crippen LogP contribution is 2.24. The van der Waals surface area contributed by atoms with Crippen molar-refractivity contribution in [3.8, 4) is 0 Å². The molecule has 3 aromatic rings. The van der Waals surface area contributed by atoms with E-state index < -0.39 is 11.8 Å². The van der Waals surface area contributed by atoms with Crippen LogP contribution >= 0.6 is 23.1 Å². The lowest BCUT2D eigenvalue weighted by Gasteiger charge is -2.19. The molecule has 1 aliphatic heterocycles. The molecular weight excluding hydrogens is 510 g/mol. The summed E-state index contributed by atoms with van der Waals surface area (Å²) in [6.45, 7) is 1.39. The monoisotopic (exact) mass is 533 g/mol. The number of rotatable bonds is 8. The third-order valence-corrected chi connectivity index (χ3v) is 6.68. The molecular formula is C26H23N5O4S2. The van der Waals surface area contributed by atoms with E-state index in [1.165, 1.54) is 25.4 Å². The summed E-state index contributed by atoms with van der Waals surface area (Å²) in [6.07, 6.45) is 3.66. The van der Waals surface area contributed by atoms with Gasteiger partial charge < -0.3 is 10.2 Å². The molecule has 0 atom stereocenters. The summed E-state index contributed by atoms with van der Waals surface area (Å²) in [5.41, 5.74) is 4.59. The van der Waals surface area contributed by atoms with Gasteiger partial charge in [0.25, 0.3) is 11.8 Å². The van der Waals surface area contributed by atoms with E-state index in [2.05, 4.69) is 20.9 Å². The minimum Gasteiger partial charge on any atom is -0.398 e. The number of benzene rings is 2. The van der Waals surface area contributed by atoms with Crippen LogP contribution in [-0.4, -0.2) is 47.6 Å². The Kier molecular flexibility index (Phi) is 8.16. The maximum Gasteiger partial charge on any atom is 0.297 e. The number of nitrogens with zero attached hydrogens (tertiary/aromatic N) is 3. The van der Waals surface area contributed by atoms with Gasteiger partial charge in [0.2, 0.25) is 5.91 Å². The van der Waals surface area contributed by atoms with Crippen molar-refractivity contribution in [1.29, 1.82) is 0 Å². The van der Waals surface area contributed by atoms with E-state index in [1.54, 1.807) is 41.4 Å². The molecule has 0 fully saturated rings. The first-order chi connectivity index (χ1) is 17.9. The largest absolute Gasteiger partial charge is 0.398 e. The Bertz CT molecular complexity index is 1410. The molecule has 188 valence electrons. The van der Waals surface area contributed by atoms with Gasteiger partial charge in [-0.15, -0.1) is 23.1 Å². The number of anilines is 1. The van der Waals surface area contributed by atoms with E-state index in [9.17, 15) is 14.4 Å². The molecule has 2 N–H and O–H groups in total. The first-order valence-corrected chi connectivity index (χ1v) is 13.1. The molecule has 2 heterocycles. The Balaban J connectivity index is 1.65. The standard InChI is InChI=1S/C26H23N5O4S2/c1-16(32)27-22-14-19(15-37-22)23(30-35-2)25(33)29-31-24(18-7-5-4-6-8-18)28-21(26(31)34)13-17-9-11-20(36-3)12-10-17/h4-15H,1-3H3,(H,27,32)(H,29,33)/b21-13+,30-23+. The molecule has 0 bridgehead atoms. The molecule has 1 aromatic heterocycles. The number of hydrogen-bond donors (Lipinski definition) is 2. The van der Waals surface area contributed by atoms with E-state index in [0.29, 0.717) is 16.1 Å². The van der Waals surface area contributed by atoms with Gasteiger partial charge in [0.1, 0.15) is 12.8 Å². The maximum absolute atomic E-state index is 13.4. The smallest absolute Gasteiger partial charge is 0.297 e. The van der Waals surface area contributed by atoms with Crippen LogP contribution in [0.3, 0.4) is 0 Å². The molecule has 2 aromatic carbocycles. The molecule has 37 heavy (non-hydrogen) atoms. The average molecular weight is 534 g/mol. The number of oxime groups is 1. The Morgan fingerprint density at radius 2 is 1.86 bits per heavy atom. The molecule has 3 amide bonds. The van der Waals surface area contributed by atoms with Crippen molar-refractivity contribution < 1.29 is 19.2 Å². The van der Waals surface area contributed by atoms with Crippen LogP contribution in [0.2, 0.25) is 0 Å². The number of hydrazine groups is 1. The summed E-state index contributed by atoms with van der Waals surface area (Å²) in [7, 11) is 1.31. The van der Waals surface area contributed by atoms with E-state index in [0.717, 1.165) is 15.5 Å². The van der Waals surface area contributed by atoms with Gasteiger partial charge in [-0.2, -0.15) is 5.01 Å². The Morgan fingerprint density at radius 3 is 2.51 bits per heavy atom. The lowest BCUT2D eigenvalue weighted by Crippen LogP contribution is -2.49. The predicted molar refractivity (Wildman–Crippen MR) is 146 cm³/mol. The number of thiophene rings is 1. The molecule has 1 aliphatic rings. The Labute approximate surface area is 221 Å². The molecule has 0 radical (unpaired) electrons. The molecule has 11 heteroatoms. The fourth-order valence-electron chi connectivity index (χ4n) is 3.43. The van der Waals surface area contributed by atoms with Crippen LogP contribution in [0.1, 0.15) is 23.6 Å². The van der Waals surface area contributed by atoms with Gasteiger partial charge in [0, 0.05) is 28.3 Å².